The second kappa shape index (κ2) is 5.73. The van der Waals surface area contributed by atoms with E-state index in [1.54, 1.807) is 0 Å². The maximum absolute atomic E-state index is 11.8. The Labute approximate surface area is 119 Å². The van der Waals surface area contributed by atoms with Gasteiger partial charge in [-0.2, -0.15) is 0 Å². The van der Waals surface area contributed by atoms with Gasteiger partial charge in [-0.3, -0.25) is 4.79 Å². The summed E-state index contributed by atoms with van der Waals surface area (Å²) in [6, 6.07) is 1.85. The van der Waals surface area contributed by atoms with Crippen molar-refractivity contribution in [1.82, 2.24) is 14.9 Å². The van der Waals surface area contributed by atoms with Gasteiger partial charge < -0.3 is 4.90 Å². The molecule has 0 aromatic carbocycles. The lowest BCUT2D eigenvalue weighted by atomic mass is 9.72. The van der Waals surface area contributed by atoms with Crippen LogP contribution in [-0.2, 0) is 11.2 Å². The lowest BCUT2D eigenvalue weighted by Gasteiger charge is -2.32. The molecule has 4 heteroatoms. The number of nitrogens with zero attached hydrogens (tertiary/aromatic N) is 3. The fourth-order valence-corrected chi connectivity index (χ4v) is 3.82. The topological polar surface area (TPSA) is 46.1 Å². The monoisotopic (exact) mass is 271 g/mol. The number of likely N-dealkylation sites (tertiary alicyclic amines) is 1. The average molecular weight is 271 g/mol. The Balaban J connectivity index is 1.70. The molecular formula is C16H21N3O. The van der Waals surface area contributed by atoms with E-state index in [1.807, 2.05) is 23.4 Å². The summed E-state index contributed by atoms with van der Waals surface area (Å²) in [5, 5.41) is 0. The summed E-state index contributed by atoms with van der Waals surface area (Å²) in [4.78, 5) is 22.5. The second-order valence-corrected chi connectivity index (χ2v) is 5.93. The van der Waals surface area contributed by atoms with Crippen LogP contribution in [0.15, 0.2) is 31.1 Å². The molecule has 1 saturated heterocycles. The van der Waals surface area contributed by atoms with Gasteiger partial charge in [0.1, 0.15) is 5.82 Å². The van der Waals surface area contributed by atoms with Crippen molar-refractivity contribution >= 4 is 5.91 Å². The minimum atomic E-state index is 0.0779. The quantitative estimate of drug-likeness (QED) is 0.791. The lowest BCUT2D eigenvalue weighted by molar-refractivity contribution is -0.125. The predicted molar refractivity (Wildman–Crippen MR) is 76.8 cm³/mol. The van der Waals surface area contributed by atoms with E-state index in [0.717, 1.165) is 25.3 Å². The van der Waals surface area contributed by atoms with Crippen molar-refractivity contribution in [2.24, 2.45) is 17.8 Å². The molecule has 1 aromatic rings. The van der Waals surface area contributed by atoms with Gasteiger partial charge in [0.2, 0.25) is 5.91 Å². The number of fused-ring (bicyclic) bond motifs is 1. The van der Waals surface area contributed by atoms with Crippen molar-refractivity contribution in [3.63, 3.8) is 0 Å². The third-order valence-electron chi connectivity index (χ3n) is 4.80. The number of carbonyl (C=O) groups excluding carboxylic acids is 1. The van der Waals surface area contributed by atoms with Gasteiger partial charge in [0.25, 0.3) is 0 Å². The highest BCUT2D eigenvalue weighted by molar-refractivity contribution is 5.87. The van der Waals surface area contributed by atoms with Crippen LogP contribution < -0.4 is 0 Å². The Hall–Kier alpha value is -1.71. The molecule has 1 aliphatic carbocycles. The molecule has 0 bridgehead atoms. The van der Waals surface area contributed by atoms with Crippen molar-refractivity contribution < 1.29 is 4.79 Å². The van der Waals surface area contributed by atoms with Gasteiger partial charge in [0.05, 0.1) is 0 Å². The van der Waals surface area contributed by atoms with E-state index in [1.165, 1.54) is 25.3 Å². The van der Waals surface area contributed by atoms with Crippen LogP contribution in [0.5, 0.6) is 0 Å². The first-order valence-electron chi connectivity index (χ1n) is 7.45. The Morgan fingerprint density at radius 2 is 2.15 bits per heavy atom. The number of carbonyl (C=O) groups is 1. The zero-order valence-electron chi connectivity index (χ0n) is 11.7. The van der Waals surface area contributed by atoms with Crippen LogP contribution in [0.25, 0.3) is 0 Å². The van der Waals surface area contributed by atoms with Gasteiger partial charge in [-0.15, -0.1) is 0 Å². The van der Waals surface area contributed by atoms with Crippen LogP contribution in [0.3, 0.4) is 0 Å². The Morgan fingerprint density at radius 1 is 1.35 bits per heavy atom. The lowest BCUT2D eigenvalue weighted by Crippen LogP contribution is -2.30. The van der Waals surface area contributed by atoms with Crippen molar-refractivity contribution in [2.45, 2.75) is 25.7 Å². The molecule has 20 heavy (non-hydrogen) atoms. The Bertz CT molecular complexity index is 488. The number of aromatic nitrogens is 2. The van der Waals surface area contributed by atoms with Crippen molar-refractivity contribution in [3.8, 4) is 0 Å². The molecule has 1 amide bonds. The molecule has 2 fully saturated rings. The van der Waals surface area contributed by atoms with Gasteiger partial charge in [-0.25, -0.2) is 9.97 Å². The second-order valence-electron chi connectivity index (χ2n) is 5.93. The van der Waals surface area contributed by atoms with Crippen LogP contribution in [0.2, 0.25) is 0 Å². The molecule has 106 valence electrons. The summed E-state index contributed by atoms with van der Waals surface area (Å²) in [6.07, 6.45) is 9.74. The number of hydrogen-bond acceptors (Lipinski definition) is 3. The zero-order chi connectivity index (χ0) is 13.9. The molecule has 0 unspecified atom stereocenters. The molecule has 1 aliphatic heterocycles. The van der Waals surface area contributed by atoms with E-state index in [2.05, 4.69) is 16.5 Å². The first-order valence-corrected chi connectivity index (χ1v) is 7.45. The predicted octanol–water partition coefficient (Wildman–Crippen LogP) is 2.08. The van der Waals surface area contributed by atoms with Crippen molar-refractivity contribution in [3.05, 3.63) is 36.9 Å². The third kappa shape index (κ3) is 2.60. The summed E-state index contributed by atoms with van der Waals surface area (Å²) >= 11 is 0. The van der Waals surface area contributed by atoms with Gasteiger partial charge >= 0.3 is 0 Å². The van der Waals surface area contributed by atoms with Gasteiger partial charge in [-0.1, -0.05) is 13.0 Å². The Kier molecular flexibility index (Phi) is 3.81. The molecule has 0 spiro atoms. The first kappa shape index (κ1) is 13.3. The van der Waals surface area contributed by atoms with E-state index >= 15 is 0 Å². The molecule has 4 nitrogen and oxygen atoms in total. The van der Waals surface area contributed by atoms with Crippen molar-refractivity contribution in [2.75, 3.05) is 13.1 Å². The SMILES string of the molecule is C=CC(=O)N1C[C@H]2CCC[C@H](Cc3ncccn3)[C@H]2C1. The zero-order valence-corrected chi connectivity index (χ0v) is 11.7. The van der Waals surface area contributed by atoms with Crippen molar-refractivity contribution in [1.29, 1.82) is 0 Å². The smallest absolute Gasteiger partial charge is 0.245 e. The number of hydrogen-bond donors (Lipinski definition) is 0. The van der Waals surface area contributed by atoms with Crippen LogP contribution in [0.4, 0.5) is 0 Å². The summed E-state index contributed by atoms with van der Waals surface area (Å²) in [6.45, 7) is 5.38. The van der Waals surface area contributed by atoms with E-state index in [0.29, 0.717) is 17.8 Å². The van der Waals surface area contributed by atoms with E-state index in [9.17, 15) is 4.79 Å². The highest BCUT2D eigenvalue weighted by Gasteiger charge is 2.41. The summed E-state index contributed by atoms with van der Waals surface area (Å²) in [5.41, 5.74) is 0. The van der Waals surface area contributed by atoms with E-state index in [-0.39, 0.29) is 5.91 Å². The fourth-order valence-electron chi connectivity index (χ4n) is 3.82. The molecule has 1 saturated carbocycles. The summed E-state index contributed by atoms with van der Waals surface area (Å²) in [5.74, 6) is 2.89. The first-order chi connectivity index (χ1) is 9.78. The summed E-state index contributed by atoms with van der Waals surface area (Å²) < 4.78 is 0. The maximum atomic E-state index is 11.8. The van der Waals surface area contributed by atoms with E-state index in [4.69, 9.17) is 0 Å². The molecule has 3 rings (SSSR count). The largest absolute Gasteiger partial charge is 0.339 e. The van der Waals surface area contributed by atoms with Gasteiger partial charge in [0.15, 0.2) is 0 Å². The molecule has 1 aromatic heterocycles. The number of rotatable bonds is 3. The van der Waals surface area contributed by atoms with Gasteiger partial charge in [-0.05, 0) is 42.7 Å². The molecule has 2 heterocycles. The highest BCUT2D eigenvalue weighted by Crippen LogP contribution is 2.41. The highest BCUT2D eigenvalue weighted by atomic mass is 16.2. The normalized spacial score (nSPS) is 29.0. The van der Waals surface area contributed by atoms with Crippen LogP contribution in [-0.4, -0.2) is 33.9 Å². The Morgan fingerprint density at radius 3 is 2.90 bits per heavy atom. The fraction of sp³-hybridized carbons (Fsp3) is 0.562. The molecule has 2 aliphatic rings. The van der Waals surface area contributed by atoms with Crippen LogP contribution in [0.1, 0.15) is 25.1 Å². The molecular weight excluding hydrogens is 250 g/mol. The average Bonchev–Trinajstić information content (AvgIpc) is 2.93. The van der Waals surface area contributed by atoms with Crippen LogP contribution in [0, 0.1) is 17.8 Å². The van der Waals surface area contributed by atoms with Crippen LogP contribution >= 0.6 is 0 Å². The standard InChI is InChI=1S/C16H21N3O/c1-2-16(20)19-10-13-6-3-5-12(14(13)11-19)9-15-17-7-4-8-18-15/h2,4,7-8,12-14H,1,3,5-6,9-11H2/t12-,13-,14-/m1/s1. The van der Waals surface area contributed by atoms with Gasteiger partial charge in [0, 0.05) is 31.9 Å². The number of amides is 1. The minimum Gasteiger partial charge on any atom is -0.339 e. The maximum Gasteiger partial charge on any atom is 0.245 e. The van der Waals surface area contributed by atoms with E-state index < -0.39 is 0 Å². The summed E-state index contributed by atoms with van der Waals surface area (Å²) in [7, 11) is 0. The molecule has 0 radical (unpaired) electrons. The molecule has 3 atom stereocenters. The third-order valence-corrected chi connectivity index (χ3v) is 4.80. The minimum absolute atomic E-state index is 0.0779. The molecule has 0 N–H and O–H groups in total.